The minimum Gasteiger partial charge on any atom is -0.290 e. The second-order valence-electron chi connectivity index (χ2n) is 4.96. The zero-order valence-electron chi connectivity index (χ0n) is 10.1. The van der Waals surface area contributed by atoms with Crippen molar-refractivity contribution >= 4 is 11.6 Å². The highest BCUT2D eigenvalue weighted by atomic mass is 16.1. The van der Waals surface area contributed by atoms with Crippen molar-refractivity contribution in [3.8, 4) is 0 Å². The molecule has 1 fully saturated rings. The standard InChI is InChI=1S/C16H14O2/c17-13-7-8-15(18)14(11-13)16(9-4-10-16)12-5-2-1-3-6-12/h1-3,5-8,11H,4,9-10H2. The lowest BCUT2D eigenvalue weighted by molar-refractivity contribution is -0.115. The van der Waals surface area contributed by atoms with Gasteiger partial charge in [-0.05, 0) is 36.6 Å². The fourth-order valence-corrected chi connectivity index (χ4v) is 2.88. The van der Waals surface area contributed by atoms with Crippen molar-refractivity contribution in [1.29, 1.82) is 0 Å². The highest BCUT2D eigenvalue weighted by Crippen LogP contribution is 2.49. The summed E-state index contributed by atoms with van der Waals surface area (Å²) in [5.74, 6) is -0.0926. The normalized spacial score (nSPS) is 21.4. The van der Waals surface area contributed by atoms with Crippen LogP contribution in [0.3, 0.4) is 0 Å². The molecular formula is C16H14O2. The van der Waals surface area contributed by atoms with Gasteiger partial charge in [-0.15, -0.1) is 0 Å². The van der Waals surface area contributed by atoms with E-state index in [2.05, 4.69) is 12.1 Å². The van der Waals surface area contributed by atoms with E-state index in [1.165, 1.54) is 18.2 Å². The first-order valence-corrected chi connectivity index (χ1v) is 6.26. The molecular weight excluding hydrogens is 224 g/mol. The fourth-order valence-electron chi connectivity index (χ4n) is 2.88. The maximum Gasteiger partial charge on any atom is 0.182 e. The second-order valence-corrected chi connectivity index (χ2v) is 4.96. The molecule has 18 heavy (non-hydrogen) atoms. The SMILES string of the molecule is O=C1C=CC(=O)C(C2(c3ccccc3)CCC2)=C1. The van der Waals surface area contributed by atoms with E-state index in [0.717, 1.165) is 24.8 Å². The molecule has 0 N–H and O–H groups in total. The highest BCUT2D eigenvalue weighted by molar-refractivity contribution is 6.18. The predicted molar refractivity (Wildman–Crippen MR) is 69.2 cm³/mol. The van der Waals surface area contributed by atoms with Gasteiger partial charge in [-0.25, -0.2) is 0 Å². The quantitative estimate of drug-likeness (QED) is 0.742. The Bertz CT molecular complexity index is 560. The van der Waals surface area contributed by atoms with Crippen LogP contribution >= 0.6 is 0 Å². The van der Waals surface area contributed by atoms with Crippen molar-refractivity contribution in [2.24, 2.45) is 0 Å². The molecule has 3 rings (SSSR count). The smallest absolute Gasteiger partial charge is 0.182 e. The summed E-state index contributed by atoms with van der Waals surface area (Å²) in [6, 6.07) is 10.0. The third-order valence-electron chi connectivity index (χ3n) is 4.00. The van der Waals surface area contributed by atoms with E-state index >= 15 is 0 Å². The lowest BCUT2D eigenvalue weighted by Crippen LogP contribution is -2.40. The third kappa shape index (κ3) is 1.57. The Balaban J connectivity index is 2.08. The summed E-state index contributed by atoms with van der Waals surface area (Å²) in [6.45, 7) is 0. The van der Waals surface area contributed by atoms with Gasteiger partial charge in [-0.2, -0.15) is 0 Å². The van der Waals surface area contributed by atoms with Crippen molar-refractivity contribution in [2.45, 2.75) is 24.7 Å². The molecule has 1 aromatic rings. The molecule has 0 bridgehead atoms. The lowest BCUT2D eigenvalue weighted by atomic mass is 9.58. The zero-order valence-corrected chi connectivity index (χ0v) is 10.1. The maximum atomic E-state index is 12.0. The minimum atomic E-state index is -0.223. The van der Waals surface area contributed by atoms with Crippen LogP contribution < -0.4 is 0 Å². The largest absolute Gasteiger partial charge is 0.290 e. The van der Waals surface area contributed by atoms with Crippen molar-refractivity contribution in [3.63, 3.8) is 0 Å². The summed E-state index contributed by atoms with van der Waals surface area (Å²) in [6.07, 6.45) is 7.29. The average Bonchev–Trinajstić information content (AvgIpc) is 2.34. The summed E-state index contributed by atoms with van der Waals surface area (Å²) in [4.78, 5) is 23.6. The Morgan fingerprint density at radius 1 is 0.944 bits per heavy atom. The molecule has 0 amide bonds. The minimum absolute atomic E-state index is 0.0156. The Morgan fingerprint density at radius 2 is 1.67 bits per heavy atom. The average molecular weight is 238 g/mol. The molecule has 0 spiro atoms. The van der Waals surface area contributed by atoms with Gasteiger partial charge in [0, 0.05) is 11.0 Å². The number of rotatable bonds is 2. The second kappa shape index (κ2) is 4.05. The molecule has 1 aromatic carbocycles. The number of carbonyl (C=O) groups is 2. The van der Waals surface area contributed by atoms with E-state index in [1.807, 2.05) is 18.2 Å². The van der Waals surface area contributed by atoms with Crippen LogP contribution in [-0.4, -0.2) is 11.6 Å². The van der Waals surface area contributed by atoms with Crippen molar-refractivity contribution < 1.29 is 9.59 Å². The lowest BCUT2D eigenvalue weighted by Gasteiger charge is -2.44. The van der Waals surface area contributed by atoms with Crippen LogP contribution in [-0.2, 0) is 15.0 Å². The van der Waals surface area contributed by atoms with Gasteiger partial charge in [0.1, 0.15) is 0 Å². The van der Waals surface area contributed by atoms with E-state index in [9.17, 15) is 9.59 Å². The van der Waals surface area contributed by atoms with Crippen LogP contribution in [0.15, 0.2) is 54.1 Å². The molecule has 0 saturated heterocycles. The molecule has 2 aliphatic rings. The van der Waals surface area contributed by atoms with E-state index in [-0.39, 0.29) is 17.0 Å². The van der Waals surface area contributed by atoms with Crippen molar-refractivity contribution in [1.82, 2.24) is 0 Å². The Kier molecular flexibility index (Phi) is 2.51. The molecule has 0 atom stereocenters. The monoisotopic (exact) mass is 238 g/mol. The summed E-state index contributed by atoms with van der Waals surface area (Å²) in [7, 11) is 0. The van der Waals surface area contributed by atoms with Gasteiger partial charge < -0.3 is 0 Å². The van der Waals surface area contributed by atoms with Crippen molar-refractivity contribution in [3.05, 3.63) is 59.7 Å². The van der Waals surface area contributed by atoms with Crippen LogP contribution in [0.25, 0.3) is 0 Å². The van der Waals surface area contributed by atoms with Crippen LogP contribution in [0.4, 0.5) is 0 Å². The van der Waals surface area contributed by atoms with Gasteiger partial charge in [0.2, 0.25) is 0 Å². The number of hydrogen-bond donors (Lipinski definition) is 0. The molecule has 2 nitrogen and oxygen atoms in total. The Labute approximate surface area is 106 Å². The number of carbonyl (C=O) groups excluding carboxylic acids is 2. The topological polar surface area (TPSA) is 34.1 Å². The van der Waals surface area contributed by atoms with E-state index < -0.39 is 0 Å². The molecule has 2 aliphatic carbocycles. The molecule has 0 aromatic heterocycles. The maximum absolute atomic E-state index is 12.0. The summed E-state index contributed by atoms with van der Waals surface area (Å²) in [5, 5.41) is 0. The van der Waals surface area contributed by atoms with Gasteiger partial charge in [-0.3, -0.25) is 9.59 Å². The number of allylic oxidation sites excluding steroid dienone is 4. The van der Waals surface area contributed by atoms with E-state index in [4.69, 9.17) is 0 Å². The zero-order chi connectivity index (χ0) is 12.6. The fraction of sp³-hybridized carbons (Fsp3) is 0.250. The summed E-state index contributed by atoms with van der Waals surface area (Å²) >= 11 is 0. The number of ketones is 2. The predicted octanol–water partition coefficient (Wildman–Crippen LogP) is 2.74. The number of benzene rings is 1. The first-order valence-electron chi connectivity index (χ1n) is 6.26. The molecule has 1 saturated carbocycles. The van der Waals surface area contributed by atoms with Crippen LogP contribution in [0.2, 0.25) is 0 Å². The van der Waals surface area contributed by atoms with Crippen molar-refractivity contribution in [2.75, 3.05) is 0 Å². The molecule has 0 radical (unpaired) electrons. The van der Waals surface area contributed by atoms with Gasteiger partial charge in [-0.1, -0.05) is 36.8 Å². The third-order valence-corrected chi connectivity index (χ3v) is 4.00. The Morgan fingerprint density at radius 3 is 2.28 bits per heavy atom. The summed E-state index contributed by atoms with van der Waals surface area (Å²) < 4.78 is 0. The van der Waals surface area contributed by atoms with Gasteiger partial charge in [0.25, 0.3) is 0 Å². The first-order chi connectivity index (χ1) is 8.72. The molecule has 0 unspecified atom stereocenters. The van der Waals surface area contributed by atoms with Crippen LogP contribution in [0, 0.1) is 0 Å². The van der Waals surface area contributed by atoms with Gasteiger partial charge >= 0.3 is 0 Å². The van der Waals surface area contributed by atoms with Crippen LogP contribution in [0.1, 0.15) is 24.8 Å². The highest BCUT2D eigenvalue weighted by Gasteiger charge is 2.44. The summed E-state index contributed by atoms with van der Waals surface area (Å²) in [5.41, 5.74) is 1.60. The molecule has 0 heterocycles. The molecule has 2 heteroatoms. The van der Waals surface area contributed by atoms with E-state index in [0.29, 0.717) is 5.57 Å². The Hall–Kier alpha value is -1.96. The molecule has 0 aliphatic heterocycles. The van der Waals surface area contributed by atoms with Gasteiger partial charge in [0.05, 0.1) is 0 Å². The van der Waals surface area contributed by atoms with Crippen LogP contribution in [0.5, 0.6) is 0 Å². The first kappa shape index (κ1) is 11.1. The molecule has 90 valence electrons. The van der Waals surface area contributed by atoms with E-state index in [1.54, 1.807) is 0 Å². The van der Waals surface area contributed by atoms with Gasteiger partial charge in [0.15, 0.2) is 11.6 Å². The number of hydrogen-bond acceptors (Lipinski definition) is 2.